The third-order valence-corrected chi connectivity index (χ3v) is 9.63. The molecule has 0 aromatic heterocycles. The predicted molar refractivity (Wildman–Crippen MR) is 174 cm³/mol. The molecule has 5 aromatic carbocycles. The Morgan fingerprint density at radius 2 is 1.31 bits per heavy atom. The lowest BCUT2D eigenvalue weighted by Crippen LogP contribution is -2.37. The van der Waals surface area contributed by atoms with Gasteiger partial charge >= 0.3 is 0 Å². The van der Waals surface area contributed by atoms with Crippen LogP contribution >= 0.6 is 7.92 Å². The first-order valence-corrected chi connectivity index (χ1v) is 15.1. The Morgan fingerprint density at radius 3 is 1.86 bits per heavy atom. The standard InChI is InChI=1S/C36H31N2O3P/c1-27-13-12-20-34(42(32-16-8-4-9-17-32)33-18-10-5-11-19-33)36(27)37(28(2)30-14-6-3-7-15-30)35(39)26-23-29-21-24-31(25-22-29)38(40)41/h3-26,28H,1-2H3/b26-23+/t28-/m0/s1. The van der Waals surface area contributed by atoms with Gasteiger partial charge in [-0.15, -0.1) is 0 Å². The highest BCUT2D eigenvalue weighted by Gasteiger charge is 2.29. The van der Waals surface area contributed by atoms with Crippen molar-refractivity contribution in [1.82, 2.24) is 0 Å². The summed E-state index contributed by atoms with van der Waals surface area (Å²) in [4.78, 5) is 26.8. The zero-order chi connectivity index (χ0) is 29.5. The molecule has 5 aromatic rings. The van der Waals surface area contributed by atoms with Gasteiger partial charge in [0, 0.05) is 23.5 Å². The molecule has 0 radical (unpaired) electrons. The highest BCUT2D eigenvalue weighted by molar-refractivity contribution is 7.80. The van der Waals surface area contributed by atoms with Crippen LogP contribution in [0, 0.1) is 17.0 Å². The molecule has 0 unspecified atom stereocenters. The molecule has 1 atom stereocenters. The van der Waals surface area contributed by atoms with E-state index in [0.29, 0.717) is 5.56 Å². The van der Waals surface area contributed by atoms with E-state index in [1.165, 1.54) is 22.7 Å². The first-order valence-electron chi connectivity index (χ1n) is 13.7. The summed E-state index contributed by atoms with van der Waals surface area (Å²) in [5.74, 6) is -0.170. The molecule has 0 fully saturated rings. The molecule has 0 saturated carbocycles. The summed E-state index contributed by atoms with van der Waals surface area (Å²) in [5.41, 5.74) is 3.64. The summed E-state index contributed by atoms with van der Waals surface area (Å²) in [7, 11) is -0.979. The van der Waals surface area contributed by atoms with Crippen molar-refractivity contribution < 1.29 is 9.72 Å². The molecule has 208 valence electrons. The second-order valence-corrected chi connectivity index (χ2v) is 12.1. The highest BCUT2D eigenvalue weighted by atomic mass is 31.1. The van der Waals surface area contributed by atoms with Gasteiger partial charge in [0.25, 0.3) is 11.6 Å². The zero-order valence-corrected chi connectivity index (χ0v) is 24.4. The number of hydrogen-bond donors (Lipinski definition) is 0. The number of hydrogen-bond acceptors (Lipinski definition) is 3. The molecule has 6 heteroatoms. The Balaban J connectivity index is 1.66. The van der Waals surface area contributed by atoms with Crippen molar-refractivity contribution in [2.45, 2.75) is 19.9 Å². The van der Waals surface area contributed by atoms with Crippen molar-refractivity contribution in [2.24, 2.45) is 0 Å². The number of benzene rings is 5. The maximum absolute atomic E-state index is 14.2. The smallest absolute Gasteiger partial charge is 0.269 e. The van der Waals surface area contributed by atoms with Crippen LogP contribution in [0.2, 0.25) is 0 Å². The first kappa shape index (κ1) is 28.7. The molecule has 0 aliphatic heterocycles. The van der Waals surface area contributed by atoms with Crippen molar-refractivity contribution in [3.05, 3.63) is 166 Å². The zero-order valence-electron chi connectivity index (χ0n) is 23.5. The van der Waals surface area contributed by atoms with Crippen molar-refractivity contribution in [3.8, 4) is 0 Å². The van der Waals surface area contributed by atoms with Gasteiger partial charge in [0.05, 0.1) is 16.7 Å². The number of nitrogens with zero attached hydrogens (tertiary/aromatic N) is 2. The number of nitro groups is 1. The average molecular weight is 571 g/mol. The van der Waals surface area contributed by atoms with E-state index in [9.17, 15) is 14.9 Å². The summed E-state index contributed by atoms with van der Waals surface area (Å²) in [6, 6.07) is 43.2. The minimum absolute atomic E-state index is 0.0116. The van der Waals surface area contributed by atoms with Gasteiger partial charge < -0.3 is 4.90 Å². The molecule has 0 aliphatic carbocycles. The molecule has 0 N–H and O–H groups in total. The lowest BCUT2D eigenvalue weighted by molar-refractivity contribution is -0.384. The molecule has 42 heavy (non-hydrogen) atoms. The summed E-state index contributed by atoms with van der Waals surface area (Å²) < 4.78 is 0. The molecule has 0 spiro atoms. The molecule has 0 aliphatic rings. The van der Waals surface area contributed by atoms with Gasteiger partial charge in [-0.05, 0) is 67.3 Å². The van der Waals surface area contributed by atoms with Crippen LogP contribution < -0.4 is 20.8 Å². The monoisotopic (exact) mass is 570 g/mol. The summed E-state index contributed by atoms with van der Waals surface area (Å²) in [6.45, 7) is 4.11. The number of anilines is 1. The van der Waals surface area contributed by atoms with Gasteiger partial charge in [0.2, 0.25) is 0 Å². The lowest BCUT2D eigenvalue weighted by Gasteiger charge is -2.34. The largest absolute Gasteiger partial charge is 0.301 e. The fourth-order valence-corrected chi connectivity index (χ4v) is 7.58. The third kappa shape index (κ3) is 6.38. The van der Waals surface area contributed by atoms with E-state index in [1.54, 1.807) is 24.3 Å². The number of non-ortho nitro benzene ring substituents is 1. The maximum Gasteiger partial charge on any atom is 0.269 e. The number of nitro benzene ring substituents is 1. The van der Waals surface area contributed by atoms with Crippen molar-refractivity contribution in [2.75, 3.05) is 4.90 Å². The van der Waals surface area contributed by atoms with Crippen LogP contribution in [0.5, 0.6) is 0 Å². The normalized spacial score (nSPS) is 11.9. The van der Waals surface area contributed by atoms with E-state index in [1.807, 2.05) is 47.4 Å². The first-order chi connectivity index (χ1) is 20.4. The number of para-hydroxylation sites is 1. The van der Waals surface area contributed by atoms with Gasteiger partial charge in [0.1, 0.15) is 0 Å². The quantitative estimate of drug-likeness (QED) is 0.0799. The second-order valence-electron chi connectivity index (χ2n) is 9.93. The fraction of sp³-hybridized carbons (Fsp3) is 0.0833. The van der Waals surface area contributed by atoms with E-state index in [4.69, 9.17) is 0 Å². The summed E-state index contributed by atoms with van der Waals surface area (Å²) in [5, 5.41) is 14.6. The summed E-state index contributed by atoms with van der Waals surface area (Å²) >= 11 is 0. The number of carbonyl (C=O) groups excluding carboxylic acids is 1. The number of rotatable bonds is 9. The average Bonchev–Trinajstić information content (AvgIpc) is 3.03. The topological polar surface area (TPSA) is 63.5 Å². The summed E-state index contributed by atoms with van der Waals surface area (Å²) in [6.07, 6.45) is 3.27. The van der Waals surface area contributed by atoms with Gasteiger partial charge in [-0.3, -0.25) is 14.9 Å². The van der Waals surface area contributed by atoms with E-state index >= 15 is 0 Å². The molecule has 5 rings (SSSR count). The van der Waals surface area contributed by atoms with Crippen molar-refractivity contribution >= 4 is 47.2 Å². The van der Waals surface area contributed by atoms with E-state index < -0.39 is 12.8 Å². The van der Waals surface area contributed by atoms with Crippen LogP contribution in [0.1, 0.15) is 29.7 Å². The third-order valence-electron chi connectivity index (χ3n) is 7.16. The Bertz CT molecular complexity index is 1650. The maximum atomic E-state index is 14.2. The van der Waals surface area contributed by atoms with Crippen LogP contribution in [0.25, 0.3) is 6.08 Å². The highest BCUT2D eigenvalue weighted by Crippen LogP contribution is 2.40. The Labute approximate surface area is 247 Å². The molecule has 0 bridgehead atoms. The number of aryl methyl sites for hydroxylation is 1. The molecular weight excluding hydrogens is 539 g/mol. The SMILES string of the molecule is Cc1cccc(P(c2ccccc2)c2ccccc2)c1N(C(=O)/C=C/c1ccc([N+](=O)[O-])cc1)[C@@H](C)c1ccccc1. The van der Waals surface area contributed by atoms with Gasteiger partial charge in [-0.25, -0.2) is 0 Å². The Kier molecular flexibility index (Phi) is 9.01. The van der Waals surface area contributed by atoms with Crippen LogP contribution in [0.3, 0.4) is 0 Å². The predicted octanol–water partition coefficient (Wildman–Crippen LogP) is 7.47. The molecule has 0 heterocycles. The molecule has 0 saturated heterocycles. The van der Waals surface area contributed by atoms with Gasteiger partial charge in [0.15, 0.2) is 0 Å². The van der Waals surface area contributed by atoms with E-state index in [-0.39, 0.29) is 17.6 Å². The van der Waals surface area contributed by atoms with Crippen molar-refractivity contribution in [1.29, 1.82) is 0 Å². The lowest BCUT2D eigenvalue weighted by atomic mass is 10.0. The van der Waals surface area contributed by atoms with Crippen LogP contribution in [-0.4, -0.2) is 10.8 Å². The minimum atomic E-state index is -0.979. The van der Waals surface area contributed by atoms with Crippen LogP contribution in [0.15, 0.2) is 140 Å². The van der Waals surface area contributed by atoms with Gasteiger partial charge in [-0.1, -0.05) is 109 Å². The Hall–Kier alpha value is -4.86. The fourth-order valence-electron chi connectivity index (χ4n) is 5.05. The van der Waals surface area contributed by atoms with Crippen molar-refractivity contribution in [3.63, 3.8) is 0 Å². The van der Waals surface area contributed by atoms with Gasteiger partial charge in [-0.2, -0.15) is 0 Å². The molecule has 5 nitrogen and oxygen atoms in total. The molecular formula is C36H31N2O3P. The number of carbonyl (C=O) groups is 1. The van der Waals surface area contributed by atoms with Crippen LogP contribution in [0.4, 0.5) is 11.4 Å². The van der Waals surface area contributed by atoms with E-state index in [0.717, 1.165) is 22.1 Å². The second kappa shape index (κ2) is 13.2. The van der Waals surface area contributed by atoms with Crippen LogP contribution in [-0.2, 0) is 4.79 Å². The Morgan fingerprint density at radius 1 is 0.762 bits per heavy atom. The minimum Gasteiger partial charge on any atom is -0.301 e. The number of amides is 1. The van der Waals surface area contributed by atoms with E-state index in [2.05, 4.69) is 80.6 Å². The molecule has 1 amide bonds.